The molecule has 0 unspecified atom stereocenters. The Morgan fingerprint density at radius 3 is 2.86 bits per heavy atom. The van der Waals surface area contributed by atoms with E-state index in [9.17, 15) is 0 Å². The van der Waals surface area contributed by atoms with E-state index in [-0.39, 0.29) is 0 Å². The first kappa shape index (κ1) is 13.7. The first-order valence-corrected chi connectivity index (χ1v) is 7.04. The fourth-order valence-corrected chi connectivity index (χ4v) is 2.46. The molecule has 0 aliphatic heterocycles. The Bertz CT molecular complexity index is 802. The summed E-state index contributed by atoms with van der Waals surface area (Å²) in [5, 5.41) is 1.56. The second-order valence-electron chi connectivity index (χ2n) is 4.87. The zero-order chi connectivity index (χ0) is 14.8. The maximum Gasteiger partial charge on any atom is 0.146 e. The number of ether oxygens (including phenoxy) is 1. The number of nitrogens with two attached hydrogens (primary N) is 1. The molecule has 1 aromatic heterocycles. The van der Waals surface area contributed by atoms with Gasteiger partial charge in [0.25, 0.3) is 0 Å². The monoisotopic (exact) mass is 298 g/mol. The first-order chi connectivity index (χ1) is 10.2. The molecule has 0 amide bonds. The van der Waals surface area contributed by atoms with Crippen LogP contribution in [0.5, 0.6) is 5.75 Å². The van der Waals surface area contributed by atoms with E-state index in [1.807, 2.05) is 49.4 Å². The highest BCUT2D eigenvalue weighted by Crippen LogP contribution is 2.30. The Morgan fingerprint density at radius 2 is 2.00 bits per heavy atom. The highest BCUT2D eigenvalue weighted by Gasteiger charge is 2.08. The molecular formula is C17H15ClN2O. The van der Waals surface area contributed by atoms with Gasteiger partial charge >= 0.3 is 0 Å². The molecule has 0 radical (unpaired) electrons. The van der Waals surface area contributed by atoms with Gasteiger partial charge in [-0.05, 0) is 48.4 Å². The van der Waals surface area contributed by atoms with E-state index in [4.69, 9.17) is 22.1 Å². The van der Waals surface area contributed by atoms with Crippen molar-refractivity contribution < 1.29 is 4.74 Å². The lowest BCUT2D eigenvalue weighted by molar-refractivity contribution is 0.308. The molecule has 3 rings (SSSR count). The van der Waals surface area contributed by atoms with Crippen LogP contribution in [0.1, 0.15) is 11.1 Å². The van der Waals surface area contributed by atoms with Crippen molar-refractivity contribution in [2.45, 2.75) is 13.5 Å². The minimum Gasteiger partial charge on any atom is -0.487 e. The van der Waals surface area contributed by atoms with Crippen LogP contribution in [0, 0.1) is 6.92 Å². The summed E-state index contributed by atoms with van der Waals surface area (Å²) in [6, 6.07) is 13.3. The molecule has 4 heteroatoms. The first-order valence-electron chi connectivity index (χ1n) is 6.67. The predicted octanol–water partition coefficient (Wildman–Crippen LogP) is 4.36. The third kappa shape index (κ3) is 2.65. The summed E-state index contributed by atoms with van der Waals surface area (Å²) >= 11 is 6.18. The van der Waals surface area contributed by atoms with Crippen molar-refractivity contribution in [3.63, 3.8) is 0 Å². The van der Waals surface area contributed by atoms with Crippen molar-refractivity contribution >= 4 is 28.2 Å². The molecule has 21 heavy (non-hydrogen) atoms. The molecule has 0 saturated carbocycles. The normalized spacial score (nSPS) is 10.8. The topological polar surface area (TPSA) is 48.1 Å². The lowest BCUT2D eigenvalue weighted by Crippen LogP contribution is -2.01. The largest absolute Gasteiger partial charge is 0.487 e. The fourth-order valence-electron chi connectivity index (χ4n) is 2.24. The number of nitrogen functional groups attached to an aromatic ring is 1. The average molecular weight is 299 g/mol. The Morgan fingerprint density at radius 1 is 1.14 bits per heavy atom. The summed E-state index contributed by atoms with van der Waals surface area (Å²) in [6.07, 6.45) is 1.73. The van der Waals surface area contributed by atoms with Crippen LogP contribution >= 0.6 is 11.6 Å². The molecule has 0 saturated heterocycles. The third-order valence-electron chi connectivity index (χ3n) is 3.55. The van der Waals surface area contributed by atoms with Crippen LogP contribution in [0.15, 0.2) is 48.7 Å². The van der Waals surface area contributed by atoms with E-state index in [1.165, 1.54) is 0 Å². The van der Waals surface area contributed by atoms with Crippen LogP contribution in [-0.4, -0.2) is 4.98 Å². The summed E-state index contributed by atoms with van der Waals surface area (Å²) in [5.41, 5.74) is 9.57. The van der Waals surface area contributed by atoms with Crippen molar-refractivity contribution in [2.24, 2.45) is 0 Å². The van der Waals surface area contributed by atoms with Gasteiger partial charge in [0.2, 0.25) is 0 Å². The number of aromatic nitrogens is 1. The molecule has 0 fully saturated rings. The average Bonchev–Trinajstić information content (AvgIpc) is 2.51. The second kappa shape index (κ2) is 5.62. The van der Waals surface area contributed by atoms with Gasteiger partial charge in [0, 0.05) is 17.3 Å². The lowest BCUT2D eigenvalue weighted by atomic mass is 10.1. The lowest BCUT2D eigenvalue weighted by Gasteiger charge is -2.12. The van der Waals surface area contributed by atoms with Crippen molar-refractivity contribution in [3.8, 4) is 5.75 Å². The molecule has 2 aromatic carbocycles. The van der Waals surface area contributed by atoms with E-state index in [1.54, 1.807) is 6.20 Å². The molecule has 106 valence electrons. The second-order valence-corrected chi connectivity index (χ2v) is 5.27. The number of nitrogens with zero attached hydrogens (tertiary/aromatic N) is 1. The predicted molar refractivity (Wildman–Crippen MR) is 86.7 cm³/mol. The van der Waals surface area contributed by atoms with Crippen LogP contribution in [-0.2, 0) is 6.61 Å². The smallest absolute Gasteiger partial charge is 0.146 e. The van der Waals surface area contributed by atoms with Gasteiger partial charge in [0.05, 0.1) is 5.02 Å². The molecule has 0 spiro atoms. The van der Waals surface area contributed by atoms with Crippen LogP contribution in [0.25, 0.3) is 10.9 Å². The highest BCUT2D eigenvalue weighted by atomic mass is 35.5. The van der Waals surface area contributed by atoms with Crippen LogP contribution in [0.4, 0.5) is 5.69 Å². The standard InChI is InChI=1S/C17H15ClN2O/c1-11-12(4-2-6-15(11)19)10-21-16-8-7-14(18)13-5-3-9-20-17(13)16/h2-9H,10,19H2,1H3. The Balaban J connectivity index is 1.92. The fraction of sp³-hybridized carbons (Fsp3) is 0.118. The maximum absolute atomic E-state index is 6.18. The quantitative estimate of drug-likeness (QED) is 0.731. The Kier molecular flexibility index (Phi) is 3.67. The van der Waals surface area contributed by atoms with E-state index >= 15 is 0 Å². The summed E-state index contributed by atoms with van der Waals surface area (Å²) in [7, 11) is 0. The zero-order valence-corrected chi connectivity index (χ0v) is 12.4. The summed E-state index contributed by atoms with van der Waals surface area (Å²) < 4.78 is 5.92. The van der Waals surface area contributed by atoms with Gasteiger partial charge in [-0.15, -0.1) is 0 Å². The minimum atomic E-state index is 0.449. The Labute approximate surface area is 128 Å². The summed E-state index contributed by atoms with van der Waals surface area (Å²) in [6.45, 7) is 2.44. The van der Waals surface area contributed by atoms with Gasteiger partial charge in [-0.2, -0.15) is 0 Å². The number of pyridine rings is 1. The van der Waals surface area contributed by atoms with Gasteiger partial charge in [-0.25, -0.2) is 0 Å². The van der Waals surface area contributed by atoms with E-state index in [0.29, 0.717) is 11.6 Å². The Hall–Kier alpha value is -2.26. The number of halogens is 1. The molecule has 2 N–H and O–H groups in total. The summed E-state index contributed by atoms with van der Waals surface area (Å²) in [4.78, 5) is 4.36. The van der Waals surface area contributed by atoms with E-state index in [0.717, 1.165) is 33.5 Å². The van der Waals surface area contributed by atoms with Crippen molar-refractivity contribution in [2.75, 3.05) is 5.73 Å². The zero-order valence-electron chi connectivity index (χ0n) is 11.6. The molecule has 0 aliphatic carbocycles. The van der Waals surface area contributed by atoms with E-state index < -0.39 is 0 Å². The number of benzene rings is 2. The number of rotatable bonds is 3. The SMILES string of the molecule is Cc1c(N)cccc1COc1ccc(Cl)c2cccnc12. The van der Waals surface area contributed by atoms with E-state index in [2.05, 4.69) is 4.98 Å². The van der Waals surface area contributed by atoms with Gasteiger partial charge in [-0.3, -0.25) is 4.98 Å². The highest BCUT2D eigenvalue weighted by molar-refractivity contribution is 6.35. The molecular weight excluding hydrogens is 284 g/mol. The van der Waals surface area contributed by atoms with Gasteiger partial charge in [0.1, 0.15) is 17.9 Å². The molecule has 1 heterocycles. The molecule has 3 aromatic rings. The molecule has 3 nitrogen and oxygen atoms in total. The number of anilines is 1. The minimum absolute atomic E-state index is 0.449. The van der Waals surface area contributed by atoms with Gasteiger partial charge < -0.3 is 10.5 Å². The van der Waals surface area contributed by atoms with Crippen LogP contribution < -0.4 is 10.5 Å². The maximum atomic E-state index is 6.18. The van der Waals surface area contributed by atoms with Gasteiger partial charge in [0.15, 0.2) is 0 Å². The molecule has 0 aliphatic rings. The molecule has 0 bridgehead atoms. The van der Waals surface area contributed by atoms with Crippen molar-refractivity contribution in [1.29, 1.82) is 0 Å². The molecule has 0 atom stereocenters. The number of hydrogen-bond donors (Lipinski definition) is 1. The van der Waals surface area contributed by atoms with Crippen LogP contribution in [0.3, 0.4) is 0 Å². The summed E-state index contributed by atoms with van der Waals surface area (Å²) in [5.74, 6) is 0.719. The van der Waals surface area contributed by atoms with Gasteiger partial charge in [-0.1, -0.05) is 23.7 Å². The third-order valence-corrected chi connectivity index (χ3v) is 3.88. The van der Waals surface area contributed by atoms with Crippen LogP contribution in [0.2, 0.25) is 5.02 Å². The van der Waals surface area contributed by atoms with Crippen molar-refractivity contribution in [1.82, 2.24) is 4.98 Å². The van der Waals surface area contributed by atoms with Crippen molar-refractivity contribution in [3.05, 3.63) is 64.8 Å². The number of fused-ring (bicyclic) bond motifs is 1. The number of hydrogen-bond acceptors (Lipinski definition) is 3.